The summed E-state index contributed by atoms with van der Waals surface area (Å²) in [6.45, 7) is 1.99. The van der Waals surface area contributed by atoms with E-state index >= 15 is 0 Å². The van der Waals surface area contributed by atoms with Gasteiger partial charge < -0.3 is 15.4 Å². The number of hydrogen-bond donors (Lipinski definition) is 1. The van der Waals surface area contributed by atoms with E-state index in [4.69, 9.17) is 26.9 Å². The molecule has 2 rings (SSSR count). The molecule has 2 N–H and O–H groups in total. The number of morpholine rings is 1. The Bertz CT molecular complexity index is 389. The summed E-state index contributed by atoms with van der Waals surface area (Å²) >= 11 is 5.75. The third kappa shape index (κ3) is 2.20. The molecule has 1 aliphatic rings. The van der Waals surface area contributed by atoms with E-state index in [1.54, 1.807) is 0 Å². The molecule has 0 radical (unpaired) electrons. The number of nitrogen functional groups attached to an aromatic ring is 1. The summed E-state index contributed by atoms with van der Waals surface area (Å²) in [5, 5.41) is 3.79. The Hall–Kier alpha value is -1.47. The molecule has 0 aliphatic carbocycles. The van der Waals surface area contributed by atoms with E-state index in [1.165, 1.54) is 11.1 Å². The molecule has 1 fully saturated rings. The lowest BCUT2D eigenvalue weighted by atomic mass is 10.5. The number of carbonyl (C=O) groups excluding carboxylic acids is 1. The van der Waals surface area contributed by atoms with E-state index in [0.717, 1.165) is 4.85 Å². The second kappa shape index (κ2) is 4.58. The minimum Gasteiger partial charge on any atom is -0.395 e. The Balaban J connectivity index is 1.98. The van der Waals surface area contributed by atoms with Crippen molar-refractivity contribution in [2.45, 2.75) is 0 Å². The molecular weight excluding hydrogens is 236 g/mol. The molecule has 1 saturated heterocycles. The van der Waals surface area contributed by atoms with Gasteiger partial charge in [0.15, 0.2) is 5.15 Å². The van der Waals surface area contributed by atoms with E-state index in [9.17, 15) is 4.79 Å². The van der Waals surface area contributed by atoms with E-state index in [-0.39, 0.29) is 10.8 Å². The number of anilines is 1. The predicted molar refractivity (Wildman–Crippen MR) is 56.0 cm³/mol. The molecule has 0 atom stereocenters. The lowest BCUT2D eigenvalue weighted by molar-refractivity contribution is 0.0199. The fraction of sp³-hybridized carbons (Fsp3) is 0.500. The van der Waals surface area contributed by atoms with Crippen molar-refractivity contribution < 1.29 is 14.4 Å². The van der Waals surface area contributed by atoms with Crippen LogP contribution in [-0.4, -0.2) is 47.2 Å². The highest BCUT2D eigenvalue weighted by atomic mass is 35.5. The minimum atomic E-state index is -0.520. The van der Waals surface area contributed by atoms with Gasteiger partial charge in [0.1, 0.15) is 0 Å². The van der Waals surface area contributed by atoms with Crippen LogP contribution in [0.5, 0.6) is 0 Å². The van der Waals surface area contributed by atoms with Gasteiger partial charge in [-0.25, -0.2) is 4.79 Å². The highest BCUT2D eigenvalue weighted by Gasteiger charge is 2.20. The first-order chi connectivity index (χ1) is 7.68. The smallest absolute Gasteiger partial charge is 0.395 e. The molecule has 0 bridgehead atoms. The molecule has 1 aliphatic heterocycles. The van der Waals surface area contributed by atoms with E-state index in [2.05, 4.69) is 5.10 Å². The maximum atomic E-state index is 11.6. The van der Waals surface area contributed by atoms with Gasteiger partial charge in [-0.15, -0.1) is 5.10 Å². The number of ether oxygens (including phenoxy) is 1. The molecule has 0 saturated carbocycles. The second-order valence-electron chi connectivity index (χ2n) is 3.22. The maximum Gasteiger partial charge on any atom is 0.436 e. The molecular formula is C8H11ClN4O3. The Morgan fingerprint density at radius 2 is 2.25 bits per heavy atom. The van der Waals surface area contributed by atoms with Crippen LogP contribution in [0.1, 0.15) is 0 Å². The van der Waals surface area contributed by atoms with Gasteiger partial charge in [0, 0.05) is 13.1 Å². The largest absolute Gasteiger partial charge is 0.436 e. The van der Waals surface area contributed by atoms with Crippen LogP contribution in [0.2, 0.25) is 5.15 Å². The van der Waals surface area contributed by atoms with Gasteiger partial charge in [0.25, 0.3) is 0 Å². The van der Waals surface area contributed by atoms with Crippen molar-refractivity contribution in [2.75, 3.05) is 32.0 Å². The van der Waals surface area contributed by atoms with E-state index in [0.29, 0.717) is 26.3 Å². The zero-order valence-corrected chi connectivity index (χ0v) is 9.18. The molecule has 7 nitrogen and oxygen atoms in total. The van der Waals surface area contributed by atoms with Gasteiger partial charge in [-0.2, -0.15) is 0 Å². The number of nitrogens with two attached hydrogens (primary N) is 1. The van der Waals surface area contributed by atoms with Gasteiger partial charge >= 0.3 is 6.09 Å². The van der Waals surface area contributed by atoms with Crippen LogP contribution in [0, 0.1) is 0 Å². The SMILES string of the molecule is Nc1cnn(OC(=O)N2CCOCC2)c1Cl. The highest BCUT2D eigenvalue weighted by Crippen LogP contribution is 2.15. The van der Waals surface area contributed by atoms with Gasteiger partial charge in [-0.1, -0.05) is 16.4 Å². The molecule has 0 unspecified atom stereocenters. The third-order valence-corrected chi connectivity index (χ3v) is 2.50. The maximum absolute atomic E-state index is 11.6. The van der Waals surface area contributed by atoms with Crippen LogP contribution in [0.15, 0.2) is 6.20 Å². The Morgan fingerprint density at radius 1 is 1.56 bits per heavy atom. The van der Waals surface area contributed by atoms with Crippen molar-refractivity contribution >= 4 is 23.4 Å². The summed E-state index contributed by atoms with van der Waals surface area (Å²) in [4.78, 5) is 19.0. The topological polar surface area (TPSA) is 82.6 Å². The van der Waals surface area contributed by atoms with Crippen molar-refractivity contribution in [3.63, 3.8) is 0 Å². The van der Waals surface area contributed by atoms with Crippen LogP contribution in [-0.2, 0) is 4.74 Å². The zero-order chi connectivity index (χ0) is 11.5. The summed E-state index contributed by atoms with van der Waals surface area (Å²) in [7, 11) is 0. The summed E-state index contributed by atoms with van der Waals surface area (Å²) in [6, 6.07) is 0. The summed E-state index contributed by atoms with van der Waals surface area (Å²) in [5.41, 5.74) is 5.72. The van der Waals surface area contributed by atoms with Crippen LogP contribution >= 0.6 is 11.6 Å². The number of hydrogen-bond acceptors (Lipinski definition) is 5. The standard InChI is InChI=1S/C8H11ClN4O3/c9-7-6(10)5-11-13(7)16-8(14)12-1-3-15-4-2-12/h5H,1-4,10H2. The number of nitrogens with zero attached hydrogens (tertiary/aromatic N) is 3. The Kier molecular flexibility index (Phi) is 3.16. The minimum absolute atomic E-state index is 0.0848. The normalized spacial score (nSPS) is 16.2. The number of carbonyl (C=O) groups is 1. The van der Waals surface area contributed by atoms with Crippen molar-refractivity contribution in [1.82, 2.24) is 14.8 Å². The highest BCUT2D eigenvalue weighted by molar-refractivity contribution is 6.31. The molecule has 2 heterocycles. The lowest BCUT2D eigenvalue weighted by Gasteiger charge is -2.25. The van der Waals surface area contributed by atoms with Crippen molar-refractivity contribution in [1.29, 1.82) is 0 Å². The fourth-order valence-corrected chi connectivity index (χ4v) is 1.40. The average molecular weight is 247 g/mol. The van der Waals surface area contributed by atoms with Crippen molar-refractivity contribution in [3.8, 4) is 0 Å². The van der Waals surface area contributed by atoms with Gasteiger partial charge in [0.05, 0.1) is 25.1 Å². The first-order valence-electron chi connectivity index (χ1n) is 4.72. The number of amides is 1. The van der Waals surface area contributed by atoms with Crippen LogP contribution in [0.4, 0.5) is 10.5 Å². The van der Waals surface area contributed by atoms with Crippen LogP contribution in [0.3, 0.4) is 0 Å². The van der Waals surface area contributed by atoms with Crippen LogP contribution < -0.4 is 10.6 Å². The van der Waals surface area contributed by atoms with Crippen LogP contribution in [0.25, 0.3) is 0 Å². The van der Waals surface area contributed by atoms with Gasteiger partial charge in [-0.05, 0) is 0 Å². The van der Waals surface area contributed by atoms with E-state index in [1.807, 2.05) is 0 Å². The summed E-state index contributed by atoms with van der Waals surface area (Å²) in [5.74, 6) is 0. The molecule has 88 valence electrons. The molecule has 1 amide bonds. The molecule has 8 heteroatoms. The lowest BCUT2D eigenvalue weighted by Crippen LogP contribution is -2.44. The van der Waals surface area contributed by atoms with Gasteiger partial charge in [-0.3, -0.25) is 4.84 Å². The molecule has 1 aromatic heterocycles. The summed E-state index contributed by atoms with van der Waals surface area (Å²) < 4.78 is 5.11. The Morgan fingerprint density at radius 3 is 2.81 bits per heavy atom. The second-order valence-corrected chi connectivity index (χ2v) is 3.58. The third-order valence-electron chi connectivity index (χ3n) is 2.14. The number of halogens is 1. The van der Waals surface area contributed by atoms with Crippen molar-refractivity contribution in [3.05, 3.63) is 11.3 Å². The predicted octanol–water partition coefficient (Wildman–Crippen LogP) is -0.000500. The first kappa shape index (κ1) is 11.0. The zero-order valence-electron chi connectivity index (χ0n) is 8.43. The quantitative estimate of drug-likeness (QED) is 0.754. The Labute approximate surface area is 96.6 Å². The number of aromatic nitrogens is 2. The summed E-state index contributed by atoms with van der Waals surface area (Å²) in [6.07, 6.45) is 0.794. The average Bonchev–Trinajstić information content (AvgIpc) is 2.62. The molecule has 0 aromatic carbocycles. The fourth-order valence-electron chi connectivity index (χ4n) is 1.27. The van der Waals surface area contributed by atoms with Gasteiger partial charge in [0.2, 0.25) is 0 Å². The molecule has 16 heavy (non-hydrogen) atoms. The molecule has 0 spiro atoms. The first-order valence-corrected chi connectivity index (χ1v) is 5.10. The van der Waals surface area contributed by atoms with Crippen molar-refractivity contribution in [2.24, 2.45) is 0 Å². The molecule has 1 aromatic rings. The number of rotatable bonds is 1. The van der Waals surface area contributed by atoms with E-state index < -0.39 is 6.09 Å². The monoisotopic (exact) mass is 246 g/mol.